The lowest BCUT2D eigenvalue weighted by atomic mass is 9.71. The summed E-state index contributed by atoms with van der Waals surface area (Å²) in [7, 11) is 0. The molecular weight excluding hydrogens is 282 g/mol. The van der Waals surface area contributed by atoms with Gasteiger partial charge >= 0.3 is 5.97 Å². The summed E-state index contributed by atoms with van der Waals surface area (Å²) in [6, 6.07) is 4.95. The van der Waals surface area contributed by atoms with Gasteiger partial charge in [-0.15, -0.1) is 6.58 Å². The maximum absolute atomic E-state index is 12.5. The minimum atomic E-state index is -0.959. The molecule has 3 rings (SSSR count). The van der Waals surface area contributed by atoms with E-state index in [4.69, 9.17) is 5.11 Å². The zero-order valence-corrected chi connectivity index (χ0v) is 12.1. The lowest BCUT2D eigenvalue weighted by Crippen LogP contribution is -2.62. The monoisotopic (exact) mass is 299 g/mol. The van der Waals surface area contributed by atoms with Crippen LogP contribution in [0.1, 0.15) is 34.3 Å². The number of aryl methyl sites for hydroxylation is 1. The molecule has 1 saturated heterocycles. The Morgan fingerprint density at radius 2 is 2.14 bits per heavy atom. The highest BCUT2D eigenvalue weighted by Gasteiger charge is 2.47. The summed E-state index contributed by atoms with van der Waals surface area (Å²) in [4.78, 5) is 35.6. The molecule has 5 heteroatoms. The fourth-order valence-corrected chi connectivity index (χ4v) is 3.35. The summed E-state index contributed by atoms with van der Waals surface area (Å²) >= 11 is 0. The minimum Gasteiger partial charge on any atom is -0.478 e. The van der Waals surface area contributed by atoms with E-state index in [1.165, 1.54) is 6.08 Å². The molecule has 1 fully saturated rings. The Bertz CT molecular complexity index is 694. The summed E-state index contributed by atoms with van der Waals surface area (Å²) in [6.45, 7) is 3.60. The van der Waals surface area contributed by atoms with Crippen molar-refractivity contribution in [2.75, 3.05) is 0 Å². The van der Waals surface area contributed by atoms with Crippen molar-refractivity contribution in [2.45, 2.75) is 31.2 Å². The van der Waals surface area contributed by atoms with E-state index in [0.29, 0.717) is 19.3 Å². The predicted molar refractivity (Wildman–Crippen MR) is 79.6 cm³/mol. The van der Waals surface area contributed by atoms with Gasteiger partial charge in [0.25, 0.3) is 0 Å². The molecule has 2 atom stereocenters. The molecule has 2 aliphatic rings. The molecule has 1 aromatic carbocycles. The smallest absolute Gasteiger partial charge is 0.335 e. The van der Waals surface area contributed by atoms with Crippen LogP contribution in [0.3, 0.4) is 0 Å². The number of carbonyl (C=O) groups excluding carboxylic acids is 2. The van der Waals surface area contributed by atoms with Crippen molar-refractivity contribution >= 4 is 17.7 Å². The van der Waals surface area contributed by atoms with Crippen LogP contribution in [0.2, 0.25) is 0 Å². The van der Waals surface area contributed by atoms with Gasteiger partial charge in [-0.1, -0.05) is 12.1 Å². The van der Waals surface area contributed by atoms with Gasteiger partial charge in [-0.25, -0.2) is 4.79 Å². The number of hydrogen-bond acceptors (Lipinski definition) is 3. The summed E-state index contributed by atoms with van der Waals surface area (Å²) in [5.74, 6) is -1.53. The quantitative estimate of drug-likeness (QED) is 0.811. The van der Waals surface area contributed by atoms with Gasteiger partial charge in [-0.3, -0.25) is 9.59 Å². The first-order chi connectivity index (χ1) is 10.4. The summed E-state index contributed by atoms with van der Waals surface area (Å²) < 4.78 is 0. The van der Waals surface area contributed by atoms with Crippen LogP contribution in [0.5, 0.6) is 0 Å². The molecule has 2 N–H and O–H groups in total. The van der Waals surface area contributed by atoms with E-state index in [0.717, 1.165) is 11.1 Å². The van der Waals surface area contributed by atoms with E-state index in [1.54, 1.807) is 18.2 Å². The third-order valence-electron chi connectivity index (χ3n) is 4.69. The molecule has 1 aliphatic heterocycles. The Balaban J connectivity index is 1.90. The van der Waals surface area contributed by atoms with Crippen LogP contribution in [0, 0.1) is 5.92 Å². The fraction of sp³-hybridized carbons (Fsp3) is 0.353. The Morgan fingerprint density at radius 3 is 2.82 bits per heavy atom. The Morgan fingerprint density at radius 1 is 1.36 bits per heavy atom. The van der Waals surface area contributed by atoms with Gasteiger partial charge < -0.3 is 10.4 Å². The lowest BCUT2D eigenvalue weighted by molar-refractivity contribution is -0.140. The minimum absolute atomic E-state index is 0.0324. The van der Waals surface area contributed by atoms with E-state index >= 15 is 0 Å². The van der Waals surface area contributed by atoms with Crippen LogP contribution in [0.15, 0.2) is 30.9 Å². The molecule has 1 aliphatic carbocycles. The van der Waals surface area contributed by atoms with Crippen molar-refractivity contribution in [3.63, 3.8) is 0 Å². The molecule has 0 saturated carbocycles. The van der Waals surface area contributed by atoms with E-state index in [-0.39, 0.29) is 23.7 Å². The van der Waals surface area contributed by atoms with E-state index < -0.39 is 17.4 Å². The van der Waals surface area contributed by atoms with Crippen molar-refractivity contribution in [3.05, 3.63) is 47.5 Å². The first-order valence-electron chi connectivity index (χ1n) is 7.28. The number of carbonyl (C=O) groups is 3. The SMILES string of the molecule is C=CC1CC(=O)C2(CCc3cc(C(=O)O)ccc3C2)NC1=O. The van der Waals surface area contributed by atoms with Crippen LogP contribution < -0.4 is 5.32 Å². The van der Waals surface area contributed by atoms with Crippen molar-refractivity contribution in [1.82, 2.24) is 5.32 Å². The number of Topliss-reactive ketones (excluding diaryl/α,β-unsaturated/α-hetero) is 1. The molecule has 1 heterocycles. The average Bonchev–Trinajstić information content (AvgIpc) is 2.50. The van der Waals surface area contributed by atoms with E-state index in [2.05, 4.69) is 11.9 Å². The third-order valence-corrected chi connectivity index (χ3v) is 4.69. The standard InChI is InChI=1S/C17H17NO4/c1-2-10-8-14(19)17(18-15(10)20)6-5-11-7-12(16(21)22)3-4-13(11)9-17/h2-4,7,10H,1,5-6,8-9H2,(H,18,20)(H,21,22). The summed E-state index contributed by atoms with van der Waals surface area (Å²) in [5, 5.41) is 11.9. The van der Waals surface area contributed by atoms with Crippen molar-refractivity contribution in [1.29, 1.82) is 0 Å². The number of rotatable bonds is 2. The van der Waals surface area contributed by atoms with Gasteiger partial charge in [0, 0.05) is 12.8 Å². The molecule has 1 aromatic rings. The Labute approximate surface area is 128 Å². The largest absolute Gasteiger partial charge is 0.478 e. The number of amides is 1. The second-order valence-electron chi connectivity index (χ2n) is 6.01. The topological polar surface area (TPSA) is 83.5 Å². The van der Waals surface area contributed by atoms with Gasteiger partial charge in [0.05, 0.1) is 11.5 Å². The normalized spacial score (nSPS) is 27.2. The number of fused-ring (bicyclic) bond motifs is 1. The molecule has 0 bridgehead atoms. The Hall–Kier alpha value is -2.43. The number of piperidine rings is 1. The molecule has 114 valence electrons. The average molecular weight is 299 g/mol. The van der Waals surface area contributed by atoms with Crippen LogP contribution in [0.4, 0.5) is 0 Å². The number of hydrogen-bond donors (Lipinski definition) is 2. The lowest BCUT2D eigenvalue weighted by Gasteiger charge is -2.42. The molecule has 2 unspecified atom stereocenters. The van der Waals surface area contributed by atoms with Crippen molar-refractivity contribution in [2.24, 2.45) is 5.92 Å². The molecule has 22 heavy (non-hydrogen) atoms. The van der Waals surface area contributed by atoms with Gasteiger partial charge in [0.1, 0.15) is 5.54 Å². The zero-order valence-electron chi connectivity index (χ0n) is 12.1. The third kappa shape index (κ3) is 2.22. The number of benzene rings is 1. The van der Waals surface area contributed by atoms with Gasteiger partial charge in [-0.2, -0.15) is 0 Å². The highest BCUT2D eigenvalue weighted by molar-refractivity contribution is 6.01. The maximum atomic E-state index is 12.5. The van der Waals surface area contributed by atoms with Gasteiger partial charge in [0.2, 0.25) is 5.91 Å². The zero-order chi connectivity index (χ0) is 15.9. The van der Waals surface area contributed by atoms with Gasteiger partial charge in [-0.05, 0) is 36.1 Å². The highest BCUT2D eigenvalue weighted by Crippen LogP contribution is 2.34. The van der Waals surface area contributed by atoms with Gasteiger partial charge in [0.15, 0.2) is 5.78 Å². The molecular formula is C17H17NO4. The number of carboxylic acids is 1. The molecule has 1 spiro atoms. The summed E-state index contributed by atoms with van der Waals surface area (Å²) in [5.41, 5.74) is 1.29. The van der Waals surface area contributed by atoms with Crippen LogP contribution in [0.25, 0.3) is 0 Å². The number of aromatic carboxylic acids is 1. The molecule has 0 aromatic heterocycles. The van der Waals surface area contributed by atoms with Crippen LogP contribution in [-0.4, -0.2) is 28.3 Å². The molecule has 5 nitrogen and oxygen atoms in total. The first kappa shape index (κ1) is 14.5. The Kier molecular flexibility index (Phi) is 3.35. The highest BCUT2D eigenvalue weighted by atomic mass is 16.4. The second kappa shape index (κ2) is 5.09. The van der Waals surface area contributed by atoms with Crippen LogP contribution in [-0.2, 0) is 22.4 Å². The number of carboxylic acid groups (broad SMARTS) is 1. The van der Waals surface area contributed by atoms with Crippen molar-refractivity contribution < 1.29 is 19.5 Å². The number of ketones is 1. The first-order valence-corrected chi connectivity index (χ1v) is 7.28. The van der Waals surface area contributed by atoms with Crippen LogP contribution >= 0.6 is 0 Å². The fourth-order valence-electron chi connectivity index (χ4n) is 3.35. The predicted octanol–water partition coefficient (Wildman–Crippen LogP) is 1.50. The summed E-state index contributed by atoms with van der Waals surface area (Å²) in [6.07, 6.45) is 3.23. The van der Waals surface area contributed by atoms with Crippen molar-refractivity contribution in [3.8, 4) is 0 Å². The maximum Gasteiger partial charge on any atom is 0.335 e. The molecule has 1 amide bonds. The number of nitrogens with one attached hydrogen (secondary N) is 1. The van der Waals surface area contributed by atoms with E-state index in [1.807, 2.05) is 0 Å². The van der Waals surface area contributed by atoms with E-state index in [9.17, 15) is 14.4 Å². The second-order valence-corrected chi connectivity index (χ2v) is 6.01. The molecule has 0 radical (unpaired) electrons.